The third-order valence-corrected chi connectivity index (χ3v) is 5.33. The van der Waals surface area contributed by atoms with Crippen LogP contribution in [0, 0.1) is 0 Å². The Morgan fingerprint density at radius 2 is 2.00 bits per heavy atom. The number of nitrogens with one attached hydrogen (secondary N) is 1. The molecule has 0 spiro atoms. The Bertz CT molecular complexity index is 363. The van der Waals surface area contributed by atoms with Crippen molar-refractivity contribution in [2.75, 3.05) is 5.75 Å². The molecule has 1 rings (SSSR count). The normalized spacial score (nSPS) is 14.7. The van der Waals surface area contributed by atoms with Crippen LogP contribution in [-0.4, -0.2) is 26.8 Å². The van der Waals surface area contributed by atoms with Crippen molar-refractivity contribution in [2.45, 2.75) is 70.7 Å². The summed E-state index contributed by atoms with van der Waals surface area (Å²) in [5, 5.41) is 5.39. The molecular formula is C15H30N4S. The zero-order valence-electron chi connectivity index (χ0n) is 13.3. The van der Waals surface area contributed by atoms with Crippen LogP contribution in [0.25, 0.3) is 0 Å². The van der Waals surface area contributed by atoms with Crippen molar-refractivity contribution < 1.29 is 0 Å². The fourth-order valence-corrected chi connectivity index (χ4v) is 3.18. The van der Waals surface area contributed by atoms with E-state index in [1.807, 2.05) is 11.8 Å². The molecule has 0 amide bonds. The van der Waals surface area contributed by atoms with Gasteiger partial charge in [-0.15, -0.1) is 0 Å². The van der Waals surface area contributed by atoms with Crippen LogP contribution in [0.1, 0.15) is 58.7 Å². The Kier molecular flexibility index (Phi) is 8.26. The van der Waals surface area contributed by atoms with Gasteiger partial charge >= 0.3 is 0 Å². The maximum atomic E-state index is 5.67. The van der Waals surface area contributed by atoms with E-state index in [2.05, 4.69) is 50.1 Å². The SMILES string of the molecule is CCC(C)SCC(Cc1ccn(C(CC)CC)n1)NN. The lowest BCUT2D eigenvalue weighted by Crippen LogP contribution is -2.39. The number of rotatable bonds is 10. The molecule has 0 bridgehead atoms. The van der Waals surface area contributed by atoms with Crippen LogP contribution in [-0.2, 0) is 6.42 Å². The summed E-state index contributed by atoms with van der Waals surface area (Å²) >= 11 is 1.97. The van der Waals surface area contributed by atoms with E-state index < -0.39 is 0 Å². The number of hydrogen-bond acceptors (Lipinski definition) is 4. The lowest BCUT2D eigenvalue weighted by Gasteiger charge is -2.17. The van der Waals surface area contributed by atoms with Crippen LogP contribution in [0.3, 0.4) is 0 Å². The highest BCUT2D eigenvalue weighted by Gasteiger charge is 2.13. The van der Waals surface area contributed by atoms with Gasteiger partial charge in [0.1, 0.15) is 0 Å². The van der Waals surface area contributed by atoms with Gasteiger partial charge in [-0.05, 0) is 25.3 Å². The standard InChI is InChI=1S/C15H30N4S/c1-5-12(4)20-11-14(17-16)10-13-8-9-19(18-13)15(6-2)7-3/h8-9,12,14-15,17H,5-7,10-11,16H2,1-4H3. The Balaban J connectivity index is 2.53. The summed E-state index contributed by atoms with van der Waals surface area (Å²) in [6.07, 6.45) is 6.45. The molecule has 0 fully saturated rings. The van der Waals surface area contributed by atoms with Gasteiger partial charge in [0.05, 0.1) is 11.7 Å². The third-order valence-electron chi connectivity index (χ3n) is 3.83. The molecule has 0 aliphatic rings. The van der Waals surface area contributed by atoms with Gasteiger partial charge in [0.2, 0.25) is 0 Å². The van der Waals surface area contributed by atoms with E-state index in [4.69, 9.17) is 10.9 Å². The van der Waals surface area contributed by atoms with Gasteiger partial charge in [-0.1, -0.05) is 27.7 Å². The van der Waals surface area contributed by atoms with E-state index in [-0.39, 0.29) is 0 Å². The van der Waals surface area contributed by atoms with Gasteiger partial charge in [0.25, 0.3) is 0 Å². The number of nitrogens with zero attached hydrogens (tertiary/aromatic N) is 2. The Morgan fingerprint density at radius 3 is 2.55 bits per heavy atom. The third kappa shape index (κ3) is 5.46. The van der Waals surface area contributed by atoms with Crippen LogP contribution < -0.4 is 11.3 Å². The van der Waals surface area contributed by atoms with E-state index in [1.165, 1.54) is 6.42 Å². The molecule has 2 unspecified atom stereocenters. The molecule has 0 aromatic carbocycles. The smallest absolute Gasteiger partial charge is 0.0641 e. The van der Waals surface area contributed by atoms with Gasteiger partial charge in [-0.2, -0.15) is 16.9 Å². The second-order valence-corrected chi connectivity index (χ2v) is 6.85. The maximum Gasteiger partial charge on any atom is 0.0641 e. The van der Waals surface area contributed by atoms with Gasteiger partial charge in [0, 0.05) is 29.7 Å². The van der Waals surface area contributed by atoms with Gasteiger partial charge < -0.3 is 0 Å². The number of hydrazine groups is 1. The lowest BCUT2D eigenvalue weighted by molar-refractivity contribution is 0.423. The van der Waals surface area contributed by atoms with Crippen molar-refractivity contribution in [2.24, 2.45) is 5.84 Å². The summed E-state index contributed by atoms with van der Waals surface area (Å²) < 4.78 is 2.10. The molecule has 1 heterocycles. The minimum Gasteiger partial charge on any atom is -0.271 e. The zero-order valence-corrected chi connectivity index (χ0v) is 14.1. The fourth-order valence-electron chi connectivity index (χ4n) is 2.17. The highest BCUT2D eigenvalue weighted by atomic mass is 32.2. The highest BCUT2D eigenvalue weighted by Crippen LogP contribution is 2.17. The van der Waals surface area contributed by atoms with Crippen molar-refractivity contribution in [3.8, 4) is 0 Å². The first-order valence-corrected chi connectivity index (χ1v) is 8.81. The van der Waals surface area contributed by atoms with E-state index >= 15 is 0 Å². The minimum absolute atomic E-state index is 0.291. The fraction of sp³-hybridized carbons (Fsp3) is 0.800. The molecule has 0 saturated carbocycles. The van der Waals surface area contributed by atoms with Crippen molar-refractivity contribution in [1.29, 1.82) is 0 Å². The maximum absolute atomic E-state index is 5.67. The minimum atomic E-state index is 0.291. The monoisotopic (exact) mass is 298 g/mol. The van der Waals surface area contributed by atoms with Crippen LogP contribution in [0.5, 0.6) is 0 Å². The van der Waals surface area contributed by atoms with Crippen LogP contribution in [0.15, 0.2) is 12.3 Å². The predicted molar refractivity (Wildman–Crippen MR) is 88.9 cm³/mol. The second-order valence-electron chi connectivity index (χ2n) is 5.38. The van der Waals surface area contributed by atoms with E-state index in [9.17, 15) is 0 Å². The van der Waals surface area contributed by atoms with Gasteiger partial charge in [0.15, 0.2) is 0 Å². The van der Waals surface area contributed by atoms with Crippen molar-refractivity contribution in [1.82, 2.24) is 15.2 Å². The molecule has 0 radical (unpaired) electrons. The number of thioether (sulfide) groups is 1. The summed E-state index contributed by atoms with van der Waals surface area (Å²) in [6, 6.07) is 2.93. The predicted octanol–water partition coefficient (Wildman–Crippen LogP) is 3.15. The van der Waals surface area contributed by atoms with Crippen LogP contribution in [0.2, 0.25) is 0 Å². The summed E-state index contributed by atoms with van der Waals surface area (Å²) in [5.74, 6) is 6.70. The van der Waals surface area contributed by atoms with Crippen molar-refractivity contribution in [3.05, 3.63) is 18.0 Å². The lowest BCUT2D eigenvalue weighted by atomic mass is 10.2. The number of aromatic nitrogens is 2. The zero-order chi connectivity index (χ0) is 15.0. The molecule has 1 aromatic rings. The molecule has 5 heteroatoms. The first kappa shape index (κ1) is 17.5. The Morgan fingerprint density at radius 1 is 1.30 bits per heavy atom. The topological polar surface area (TPSA) is 55.9 Å². The van der Waals surface area contributed by atoms with Crippen molar-refractivity contribution in [3.63, 3.8) is 0 Å². The summed E-state index contributed by atoms with van der Waals surface area (Å²) in [7, 11) is 0. The molecule has 0 aliphatic heterocycles. The number of hydrogen-bond donors (Lipinski definition) is 2. The molecule has 3 N–H and O–H groups in total. The van der Waals surface area contributed by atoms with E-state index in [1.54, 1.807) is 0 Å². The molecule has 2 atom stereocenters. The molecule has 4 nitrogen and oxygen atoms in total. The molecule has 1 aromatic heterocycles. The quantitative estimate of drug-likeness (QED) is 0.514. The van der Waals surface area contributed by atoms with Crippen LogP contribution >= 0.6 is 11.8 Å². The number of nitrogens with two attached hydrogens (primary N) is 1. The van der Waals surface area contributed by atoms with Crippen molar-refractivity contribution >= 4 is 11.8 Å². The van der Waals surface area contributed by atoms with Crippen LogP contribution in [0.4, 0.5) is 0 Å². The highest BCUT2D eigenvalue weighted by molar-refractivity contribution is 7.99. The van der Waals surface area contributed by atoms with E-state index in [0.29, 0.717) is 17.3 Å². The average Bonchev–Trinajstić information content (AvgIpc) is 2.92. The van der Waals surface area contributed by atoms with E-state index in [0.717, 1.165) is 30.7 Å². The first-order valence-electron chi connectivity index (χ1n) is 7.76. The average molecular weight is 298 g/mol. The summed E-state index contributed by atoms with van der Waals surface area (Å²) in [4.78, 5) is 0. The van der Waals surface area contributed by atoms with Gasteiger partial charge in [-0.3, -0.25) is 16.0 Å². The van der Waals surface area contributed by atoms with Gasteiger partial charge in [-0.25, -0.2) is 0 Å². The molecule has 20 heavy (non-hydrogen) atoms. The first-order chi connectivity index (χ1) is 9.64. The molecule has 0 aliphatic carbocycles. The largest absolute Gasteiger partial charge is 0.271 e. The Labute approximate surface area is 127 Å². The Hall–Kier alpha value is -0.520. The summed E-state index contributed by atoms with van der Waals surface area (Å²) in [5.41, 5.74) is 4.06. The second kappa shape index (κ2) is 9.42. The molecule has 0 saturated heterocycles. The molecule has 116 valence electrons. The summed E-state index contributed by atoms with van der Waals surface area (Å²) in [6.45, 7) is 8.91. The molecular weight excluding hydrogens is 268 g/mol.